The first-order valence-electron chi connectivity index (χ1n) is 32.6. The number of hydrogen-bond donors (Lipinski definition) is 6. The van der Waals surface area contributed by atoms with E-state index in [1.807, 2.05) is 108 Å². The minimum absolute atomic E-state index is 0. The van der Waals surface area contributed by atoms with E-state index < -0.39 is 23.4 Å². The zero-order valence-electron chi connectivity index (χ0n) is 55.8. The van der Waals surface area contributed by atoms with E-state index in [1.165, 1.54) is 116 Å². The van der Waals surface area contributed by atoms with Crippen LogP contribution in [0.2, 0.25) is 0 Å². The molecule has 2 amide bonds. The standard InChI is InChI=1S/C22H35NO4.C22H33NO3.C17H27NO2.C4H10BO.C4H8O2.C2H6O.2ClH/c1-22(2,3)27-21(25)23-13-12-19(15-24)18-10-7-11-20(14-18)26-16-17-8-5-4-6-9-17;1-17(13-14-23-21(24)26-22(2,3)4)19-11-8-12-20(15-19)25-16-18-9-6-5-7-10-18;18-10-9-16(12-19)15-7-4-8-17(11-15)20-13-14-5-2-1-3-6-14;5-4-2-1-3-6-4;1-3-6-4(2)5;1-2-3;;/h7,10-11,14,17,19,24H,4-6,8-9,12-13,15-16H2,1-3H3,(H,23,25);8,11-12,15,18H,1,5-7,9-10,13-14,16H2,2-4H3,(H,23,24);4,7-8,11,14,16,19H,1-3,5-6,9-10,12-13,18H2;4H,1-3H2,5H3;3H2,1-2H3;3H,2H2,1H3;2*1H/q;;;-1;;;;/p-1. The number of carbonyl (C=O) groups is 3. The molecule has 4 aliphatic rings. The van der Waals surface area contributed by atoms with Crippen LogP contribution in [0.3, 0.4) is 0 Å². The molecule has 4 fully saturated rings. The van der Waals surface area contributed by atoms with E-state index in [0.29, 0.717) is 64.7 Å². The fourth-order valence-corrected chi connectivity index (χ4v) is 10.2. The fraction of sp³-hybridized carbons (Fsp3) is 0.676. The molecule has 16 nitrogen and oxygen atoms in total. The van der Waals surface area contributed by atoms with Crippen molar-refractivity contribution in [2.45, 2.75) is 220 Å². The molecule has 0 radical (unpaired) electrons. The number of hydrogen-bond acceptors (Lipinski definition) is 14. The van der Waals surface area contributed by atoms with Gasteiger partial charge in [-0.3, -0.25) is 4.79 Å². The molecule has 1 saturated heterocycles. The monoisotopic (exact) mass is 1300 g/mol. The lowest BCUT2D eigenvalue weighted by Gasteiger charge is -2.22. The van der Waals surface area contributed by atoms with E-state index in [0.717, 1.165) is 78.4 Å². The van der Waals surface area contributed by atoms with Gasteiger partial charge in [0.2, 0.25) is 0 Å². The predicted octanol–water partition coefficient (Wildman–Crippen LogP) is 10.8. The van der Waals surface area contributed by atoms with Crippen molar-refractivity contribution in [2.75, 3.05) is 72.5 Å². The van der Waals surface area contributed by atoms with Crippen LogP contribution in [0.5, 0.6) is 17.2 Å². The Balaban J connectivity index is 0.00000118. The van der Waals surface area contributed by atoms with Crippen molar-refractivity contribution in [2.24, 2.45) is 23.5 Å². The van der Waals surface area contributed by atoms with Gasteiger partial charge in [0.1, 0.15) is 28.5 Å². The zero-order chi connectivity index (χ0) is 65.0. The number of aliphatic hydroxyl groups excluding tert-OH is 3. The highest BCUT2D eigenvalue weighted by atomic mass is 35.5. The van der Waals surface area contributed by atoms with Crippen LogP contribution >= 0.6 is 12.4 Å². The molecule has 1 aliphatic heterocycles. The summed E-state index contributed by atoms with van der Waals surface area (Å²) in [4.78, 5) is 33.2. The van der Waals surface area contributed by atoms with Gasteiger partial charge in [-0.05, 0) is 210 Å². The molecule has 516 valence electrons. The van der Waals surface area contributed by atoms with E-state index in [4.69, 9.17) is 39.3 Å². The van der Waals surface area contributed by atoms with Gasteiger partial charge in [-0.25, -0.2) is 9.59 Å². The summed E-state index contributed by atoms with van der Waals surface area (Å²) >= 11 is 0. The van der Waals surface area contributed by atoms with E-state index in [1.54, 1.807) is 13.8 Å². The Bertz CT molecular complexity index is 2320. The lowest BCUT2D eigenvalue weighted by atomic mass is 9.90. The van der Waals surface area contributed by atoms with Crippen molar-refractivity contribution in [1.29, 1.82) is 0 Å². The molecule has 7 N–H and O–H groups in total. The number of carbonyl (C=O) groups excluding carboxylic acids is 3. The fourth-order valence-electron chi connectivity index (χ4n) is 10.2. The zero-order valence-corrected chi connectivity index (χ0v) is 57.4. The van der Waals surface area contributed by atoms with Crippen LogP contribution in [0.25, 0.3) is 5.57 Å². The molecule has 3 aromatic carbocycles. The van der Waals surface area contributed by atoms with Gasteiger partial charge in [-0.2, -0.15) is 0 Å². The maximum absolute atomic E-state index is 11.7. The molecule has 3 saturated carbocycles. The second kappa shape index (κ2) is 50.8. The van der Waals surface area contributed by atoms with Gasteiger partial charge < -0.3 is 77.3 Å². The lowest BCUT2D eigenvalue weighted by Crippen LogP contribution is -3.00. The molecule has 1 heterocycles. The Hall–Kier alpha value is -4.75. The molecule has 3 aliphatic carbocycles. The van der Waals surface area contributed by atoms with Gasteiger partial charge in [-0.1, -0.05) is 113 Å². The largest absolute Gasteiger partial charge is 1.00 e. The molecule has 3 unspecified atom stereocenters. The molecular formula is C71H120BCl2N3O13-2. The van der Waals surface area contributed by atoms with E-state index in [-0.39, 0.29) is 62.4 Å². The van der Waals surface area contributed by atoms with Crippen molar-refractivity contribution in [3.8, 4) is 17.2 Å². The number of halogens is 2. The van der Waals surface area contributed by atoms with Gasteiger partial charge >= 0.3 is 18.2 Å². The van der Waals surface area contributed by atoms with Crippen LogP contribution < -0.4 is 43.0 Å². The second-order valence-corrected chi connectivity index (χ2v) is 24.9. The average Bonchev–Trinajstić information content (AvgIpc) is 4.17. The Kier molecular flexibility index (Phi) is 48.1. The number of nitrogens with two attached hydrogens (primary N) is 1. The maximum Gasteiger partial charge on any atom is 0.407 e. The summed E-state index contributed by atoms with van der Waals surface area (Å²) in [6.45, 7) is 26.0. The third-order valence-electron chi connectivity index (χ3n) is 14.8. The van der Waals surface area contributed by atoms with Crippen molar-refractivity contribution in [3.63, 3.8) is 0 Å². The molecule has 0 spiro atoms. The van der Waals surface area contributed by atoms with Crippen molar-refractivity contribution in [1.82, 2.24) is 10.6 Å². The number of alkyl carbamates (subject to hydrolysis) is 2. The summed E-state index contributed by atoms with van der Waals surface area (Å²) in [6, 6.07) is 24.9. The van der Waals surface area contributed by atoms with Crippen molar-refractivity contribution in [3.05, 3.63) is 96.1 Å². The first-order valence-corrected chi connectivity index (χ1v) is 32.6. The van der Waals surface area contributed by atoms with Gasteiger partial charge in [0.25, 0.3) is 0 Å². The number of rotatable bonds is 23. The third-order valence-corrected chi connectivity index (χ3v) is 14.8. The van der Waals surface area contributed by atoms with Gasteiger partial charge in [-0.15, -0.1) is 12.4 Å². The first-order chi connectivity index (χ1) is 42.1. The summed E-state index contributed by atoms with van der Waals surface area (Å²) in [6.07, 6.45) is 23.7. The molecular weight excluding hydrogens is 1180 g/mol. The molecule has 7 rings (SSSR count). The normalized spacial score (nSPS) is 16.4. The highest BCUT2D eigenvalue weighted by molar-refractivity contribution is 6.11. The first kappa shape index (κ1) is 85.3. The predicted molar refractivity (Wildman–Crippen MR) is 367 cm³/mol. The molecule has 90 heavy (non-hydrogen) atoms. The van der Waals surface area contributed by atoms with Crippen molar-refractivity contribution < 1.29 is 75.3 Å². The highest BCUT2D eigenvalue weighted by Crippen LogP contribution is 2.30. The van der Waals surface area contributed by atoms with E-state index in [2.05, 4.69) is 28.0 Å². The Morgan fingerprint density at radius 3 is 1.36 bits per heavy atom. The average molecular weight is 1310 g/mol. The van der Waals surface area contributed by atoms with Gasteiger partial charge in [0, 0.05) is 58.3 Å². The molecule has 19 heteroatoms. The van der Waals surface area contributed by atoms with Crippen LogP contribution in [-0.2, 0) is 23.7 Å². The summed E-state index contributed by atoms with van der Waals surface area (Å²) in [5.74, 6) is 4.61. The number of amides is 2. The second-order valence-electron chi connectivity index (χ2n) is 24.9. The Morgan fingerprint density at radius 2 is 1.02 bits per heavy atom. The van der Waals surface area contributed by atoms with E-state index in [9.17, 15) is 24.6 Å². The van der Waals surface area contributed by atoms with Crippen LogP contribution in [-0.4, -0.2) is 131 Å². The lowest BCUT2D eigenvalue weighted by molar-refractivity contribution is -0.140. The van der Waals surface area contributed by atoms with Crippen LogP contribution in [0.15, 0.2) is 79.4 Å². The number of esters is 1. The number of nitrogens with one attached hydrogen (secondary N) is 2. The highest BCUT2D eigenvalue weighted by Gasteiger charge is 2.21. The Labute approximate surface area is 556 Å². The maximum atomic E-state index is 11.7. The third kappa shape index (κ3) is 42.4. The molecule has 0 bridgehead atoms. The minimum Gasteiger partial charge on any atom is -1.00 e. The molecule has 3 atom stereocenters. The number of aliphatic hydroxyl groups is 3. The summed E-state index contributed by atoms with van der Waals surface area (Å²) in [5.41, 5.74) is 8.79. The van der Waals surface area contributed by atoms with Crippen LogP contribution in [0.1, 0.15) is 219 Å². The Morgan fingerprint density at radius 1 is 0.622 bits per heavy atom. The summed E-state index contributed by atoms with van der Waals surface area (Å²) in [5, 5.41) is 32.3. The number of benzene rings is 3. The SMILES string of the molecule is C=C(CCNC(=O)OC(C)(C)C)c1cccc(OCC2CCCCC2)c1.CC(C)(C)OC(=O)NCCC(CO)c1cccc(OCC2CCCCC2)c1.CCO.CCOC(C)=O.Cl.NCCC(CO)c1cccc(OCC2CCCCC2)c1.[BH3-]C1CCCO1.[Cl-]. The number of ether oxygens (including phenoxy) is 7. The van der Waals surface area contributed by atoms with E-state index >= 15 is 0 Å². The quantitative estimate of drug-likeness (QED) is 0.0295. The molecule has 3 aromatic rings. The smallest absolute Gasteiger partial charge is 0.407 e. The van der Waals surface area contributed by atoms with Gasteiger partial charge in [0.15, 0.2) is 0 Å². The van der Waals surface area contributed by atoms with Crippen LogP contribution in [0, 0.1) is 17.8 Å². The molecule has 0 aromatic heterocycles. The van der Waals surface area contributed by atoms with Crippen LogP contribution in [0.4, 0.5) is 9.59 Å². The van der Waals surface area contributed by atoms with Crippen molar-refractivity contribution >= 4 is 44.0 Å². The van der Waals surface area contributed by atoms with Gasteiger partial charge in [0.05, 0.1) is 26.4 Å². The minimum atomic E-state index is -0.509. The topological polar surface area (TPSA) is 227 Å². The summed E-state index contributed by atoms with van der Waals surface area (Å²) < 4.78 is 38.1. The summed E-state index contributed by atoms with van der Waals surface area (Å²) in [7, 11) is 0.521.